The van der Waals surface area contributed by atoms with Crippen molar-refractivity contribution in [1.29, 1.82) is 0 Å². The van der Waals surface area contributed by atoms with Crippen LogP contribution in [0.2, 0.25) is 0 Å². The average Bonchev–Trinajstić information content (AvgIpc) is 3.40. The monoisotopic (exact) mass is 389 g/mol. The van der Waals surface area contributed by atoms with Crippen LogP contribution < -0.4 is 5.32 Å². The van der Waals surface area contributed by atoms with E-state index in [1.54, 1.807) is 6.92 Å². The number of carbonyl (C=O) groups is 2. The second-order valence-corrected chi connectivity index (χ2v) is 8.51. The van der Waals surface area contributed by atoms with Crippen LogP contribution in [0.25, 0.3) is 0 Å². The molecule has 3 heterocycles. The van der Waals surface area contributed by atoms with Gasteiger partial charge in [-0.15, -0.1) is 0 Å². The smallest absolute Gasteiger partial charge is 0.269 e. The molecule has 2 amide bonds. The number of rotatable bonds is 7. The molecule has 2 aliphatic heterocycles. The summed E-state index contributed by atoms with van der Waals surface area (Å²) in [7, 11) is 0. The molecule has 1 aromatic heterocycles. The lowest BCUT2D eigenvalue weighted by molar-refractivity contribution is -0.149. The lowest BCUT2D eigenvalue weighted by Crippen LogP contribution is -2.52. The minimum Gasteiger partial charge on any atom is -0.365 e. The van der Waals surface area contributed by atoms with Crippen LogP contribution in [-0.4, -0.2) is 83.6 Å². The van der Waals surface area contributed by atoms with Crippen molar-refractivity contribution in [2.45, 2.75) is 38.7 Å². The van der Waals surface area contributed by atoms with Gasteiger partial charge in [0.15, 0.2) is 0 Å². The summed E-state index contributed by atoms with van der Waals surface area (Å²) in [5.74, 6) is 2.08. The van der Waals surface area contributed by atoms with E-state index in [9.17, 15) is 9.59 Å². The van der Waals surface area contributed by atoms with Crippen molar-refractivity contribution < 1.29 is 14.3 Å². The molecule has 0 bridgehead atoms. The van der Waals surface area contributed by atoms with Gasteiger partial charge in [-0.1, -0.05) is 0 Å². The summed E-state index contributed by atoms with van der Waals surface area (Å²) in [5, 5.41) is 2.87. The molecule has 0 radical (unpaired) electrons. The van der Waals surface area contributed by atoms with Gasteiger partial charge in [0.2, 0.25) is 5.91 Å². The molecule has 1 atom stereocenters. The quantitative estimate of drug-likeness (QED) is 0.720. The van der Waals surface area contributed by atoms with Crippen molar-refractivity contribution in [3.8, 4) is 0 Å². The Morgan fingerprint density at radius 3 is 2.68 bits per heavy atom. The fourth-order valence-electron chi connectivity index (χ4n) is 4.15. The Morgan fingerprint density at radius 1 is 1.25 bits per heavy atom. The second-order valence-electron chi connectivity index (χ2n) is 8.51. The number of ether oxygens (including phenoxy) is 1. The summed E-state index contributed by atoms with van der Waals surface area (Å²) in [5.41, 5.74) is 0.444. The number of morpholine rings is 1. The number of aromatic nitrogens is 2. The zero-order valence-corrected chi connectivity index (χ0v) is 16.7. The number of imidazole rings is 1. The molecule has 4 rings (SSSR count). The van der Waals surface area contributed by atoms with E-state index in [1.165, 1.54) is 25.6 Å². The van der Waals surface area contributed by atoms with Gasteiger partial charge in [0.05, 0.1) is 12.3 Å². The number of likely N-dealkylation sites (tertiary alicyclic amines) is 1. The summed E-state index contributed by atoms with van der Waals surface area (Å²) in [6.07, 6.45) is 6.49. The van der Waals surface area contributed by atoms with Gasteiger partial charge in [-0.05, 0) is 57.5 Å². The molecule has 0 aromatic carbocycles. The summed E-state index contributed by atoms with van der Waals surface area (Å²) in [6.45, 7) is 7.23. The Morgan fingerprint density at radius 2 is 2.00 bits per heavy atom. The fraction of sp³-hybridized carbons (Fsp3) is 0.750. The van der Waals surface area contributed by atoms with Gasteiger partial charge in [-0.2, -0.15) is 0 Å². The molecule has 1 saturated carbocycles. The lowest BCUT2D eigenvalue weighted by Gasteiger charge is -2.38. The first-order valence-electron chi connectivity index (χ1n) is 10.5. The number of nitrogens with zero attached hydrogens (tertiary/aromatic N) is 3. The summed E-state index contributed by atoms with van der Waals surface area (Å²) in [4.78, 5) is 35.9. The van der Waals surface area contributed by atoms with Gasteiger partial charge in [0.25, 0.3) is 5.91 Å². The molecule has 0 unspecified atom stereocenters. The maximum atomic E-state index is 12.3. The molecule has 8 nitrogen and oxygen atoms in total. The number of hydrogen-bond donors (Lipinski definition) is 2. The molecule has 2 N–H and O–H groups in total. The van der Waals surface area contributed by atoms with Gasteiger partial charge in [0.1, 0.15) is 18.1 Å². The van der Waals surface area contributed by atoms with Gasteiger partial charge >= 0.3 is 0 Å². The summed E-state index contributed by atoms with van der Waals surface area (Å²) >= 11 is 0. The van der Waals surface area contributed by atoms with Crippen LogP contribution in [0.5, 0.6) is 0 Å². The third kappa shape index (κ3) is 5.11. The van der Waals surface area contributed by atoms with Gasteiger partial charge in [-0.3, -0.25) is 9.59 Å². The Kier molecular flexibility index (Phi) is 5.96. The number of amides is 2. The molecule has 3 fully saturated rings. The zero-order chi connectivity index (χ0) is 19.5. The third-order valence-corrected chi connectivity index (χ3v) is 6.06. The topological polar surface area (TPSA) is 90.6 Å². The predicted octanol–water partition coefficient (Wildman–Crippen LogP) is 0.797. The van der Waals surface area contributed by atoms with Gasteiger partial charge in [-0.25, -0.2) is 4.98 Å². The molecule has 1 aliphatic carbocycles. The van der Waals surface area contributed by atoms with Crippen LogP contribution in [0.1, 0.15) is 42.0 Å². The number of nitrogens with one attached hydrogen (secondary N) is 2. The van der Waals surface area contributed by atoms with Crippen LogP contribution in [0.15, 0.2) is 6.20 Å². The Bertz CT molecular complexity index is 694. The lowest BCUT2D eigenvalue weighted by atomic mass is 9.95. The fourth-order valence-corrected chi connectivity index (χ4v) is 4.15. The normalized spacial score (nSPS) is 24.5. The maximum absolute atomic E-state index is 12.3. The number of aryl methyl sites for hydroxylation is 1. The van der Waals surface area contributed by atoms with E-state index >= 15 is 0 Å². The minimum atomic E-state index is -0.198. The molecule has 28 heavy (non-hydrogen) atoms. The van der Waals surface area contributed by atoms with Crippen molar-refractivity contribution in [2.75, 3.05) is 45.9 Å². The van der Waals surface area contributed by atoms with Crippen LogP contribution in [-0.2, 0) is 9.53 Å². The van der Waals surface area contributed by atoms with E-state index in [4.69, 9.17) is 4.74 Å². The van der Waals surface area contributed by atoms with Crippen molar-refractivity contribution in [3.05, 3.63) is 17.7 Å². The number of hydrogen-bond acceptors (Lipinski definition) is 5. The molecule has 2 saturated heterocycles. The highest BCUT2D eigenvalue weighted by molar-refractivity contribution is 5.92. The summed E-state index contributed by atoms with van der Waals surface area (Å²) in [6, 6.07) is 0. The van der Waals surface area contributed by atoms with E-state index in [-0.39, 0.29) is 24.5 Å². The molecule has 8 heteroatoms. The van der Waals surface area contributed by atoms with E-state index in [2.05, 4.69) is 20.2 Å². The number of carbonyl (C=O) groups excluding carboxylic acids is 2. The largest absolute Gasteiger partial charge is 0.365 e. The maximum Gasteiger partial charge on any atom is 0.269 e. The van der Waals surface area contributed by atoms with Crippen LogP contribution in [0, 0.1) is 18.8 Å². The van der Waals surface area contributed by atoms with E-state index < -0.39 is 0 Å². The first kappa shape index (κ1) is 19.4. The molecular formula is C20H31N5O3. The van der Waals surface area contributed by atoms with Crippen LogP contribution >= 0.6 is 0 Å². The van der Waals surface area contributed by atoms with Crippen molar-refractivity contribution in [3.63, 3.8) is 0 Å². The van der Waals surface area contributed by atoms with E-state index in [0.717, 1.165) is 38.4 Å². The highest BCUT2D eigenvalue weighted by Crippen LogP contribution is 2.31. The first-order chi connectivity index (χ1) is 13.6. The van der Waals surface area contributed by atoms with Crippen LogP contribution in [0.4, 0.5) is 0 Å². The first-order valence-corrected chi connectivity index (χ1v) is 10.5. The zero-order valence-electron chi connectivity index (χ0n) is 16.7. The highest BCUT2D eigenvalue weighted by atomic mass is 16.5. The molecule has 1 aromatic rings. The van der Waals surface area contributed by atoms with Crippen molar-refractivity contribution in [1.82, 2.24) is 25.1 Å². The molecular weight excluding hydrogens is 358 g/mol. The van der Waals surface area contributed by atoms with Gasteiger partial charge in [0, 0.05) is 26.2 Å². The number of H-pyrrole nitrogens is 1. The standard InChI is InChI=1S/C20H31N5O3/c1-14-21-9-18(23-14)20(27)22-8-17-12-25(19(26)13-28-17)11-16-4-6-24(7-5-16)10-15-2-3-15/h9,15-17H,2-8,10-13H2,1H3,(H,21,23)(H,22,27)/t17-/m1/s1. The SMILES string of the molecule is Cc1ncc(C(=O)NC[C@@H]2CN(CC3CCN(CC4CC4)CC3)C(=O)CO2)[nH]1. The third-order valence-electron chi connectivity index (χ3n) is 6.06. The van der Waals surface area contributed by atoms with Crippen LogP contribution in [0.3, 0.4) is 0 Å². The van der Waals surface area contributed by atoms with Crippen molar-refractivity contribution >= 4 is 11.8 Å². The summed E-state index contributed by atoms with van der Waals surface area (Å²) < 4.78 is 5.63. The van der Waals surface area contributed by atoms with E-state index in [0.29, 0.717) is 30.5 Å². The number of aromatic amines is 1. The molecule has 154 valence electrons. The minimum absolute atomic E-state index is 0.0622. The highest BCUT2D eigenvalue weighted by Gasteiger charge is 2.31. The molecule has 3 aliphatic rings. The Hall–Kier alpha value is -1.93. The average molecular weight is 390 g/mol. The Labute approximate surface area is 166 Å². The van der Waals surface area contributed by atoms with Crippen molar-refractivity contribution in [2.24, 2.45) is 11.8 Å². The number of piperidine rings is 1. The Balaban J connectivity index is 1.21. The second kappa shape index (κ2) is 8.61. The van der Waals surface area contributed by atoms with E-state index in [1.807, 2.05) is 4.90 Å². The predicted molar refractivity (Wildman–Crippen MR) is 104 cm³/mol. The van der Waals surface area contributed by atoms with Gasteiger partial charge < -0.3 is 24.8 Å². The molecule has 0 spiro atoms.